The summed E-state index contributed by atoms with van der Waals surface area (Å²) in [5.41, 5.74) is 0.609. The van der Waals surface area contributed by atoms with Crippen LogP contribution in [0.5, 0.6) is 0 Å². The first-order chi connectivity index (χ1) is 7.57. The zero-order valence-electron chi connectivity index (χ0n) is 9.17. The molecule has 1 aromatic rings. The van der Waals surface area contributed by atoms with Gasteiger partial charge in [0.1, 0.15) is 0 Å². The van der Waals surface area contributed by atoms with Gasteiger partial charge in [0.2, 0.25) is 0 Å². The minimum Gasteiger partial charge on any atom is -0.393 e. The van der Waals surface area contributed by atoms with Gasteiger partial charge in [-0.2, -0.15) is 0 Å². The molecule has 0 spiro atoms. The second-order valence-electron chi connectivity index (χ2n) is 3.69. The van der Waals surface area contributed by atoms with Gasteiger partial charge < -0.3 is 5.11 Å². The van der Waals surface area contributed by atoms with Crippen LogP contribution in [0.1, 0.15) is 24.8 Å². The minimum atomic E-state index is -0.640. The first kappa shape index (κ1) is 12.4. The number of hydrogen-bond acceptors (Lipinski definition) is 3. The lowest BCUT2D eigenvalue weighted by Crippen LogP contribution is -2.15. The lowest BCUT2D eigenvalue weighted by molar-refractivity contribution is -0.385. The molecule has 0 radical (unpaired) electrons. The topological polar surface area (TPSA) is 63.4 Å². The minimum absolute atomic E-state index is 0.0512. The molecule has 1 aromatic carbocycles. The molecule has 1 N–H and O–H groups in total. The zero-order chi connectivity index (χ0) is 12.1. The number of nitrogens with zero attached hydrogens (tertiary/aromatic N) is 1. The molecule has 2 atom stereocenters. The largest absolute Gasteiger partial charge is 0.393 e. The zero-order valence-corrected chi connectivity index (χ0v) is 9.17. The Hall–Kier alpha value is -1.68. The monoisotopic (exact) mass is 221 g/mol. The summed E-state index contributed by atoms with van der Waals surface area (Å²) in [6.45, 7) is 5.23. The van der Waals surface area contributed by atoms with Crippen LogP contribution in [0.4, 0.5) is 5.69 Å². The predicted octanol–water partition coefficient (Wildman–Crippen LogP) is 2.64. The number of aliphatic hydroxyl groups is 1. The second-order valence-corrected chi connectivity index (χ2v) is 3.69. The highest BCUT2D eigenvalue weighted by molar-refractivity contribution is 5.43. The highest BCUT2D eigenvalue weighted by Crippen LogP contribution is 2.31. The van der Waals surface area contributed by atoms with Gasteiger partial charge in [-0.05, 0) is 13.3 Å². The number of aliphatic hydroxyl groups excluding tert-OH is 1. The molecule has 0 aliphatic rings. The Morgan fingerprint density at radius 1 is 1.56 bits per heavy atom. The molecule has 86 valence electrons. The third-order valence-electron chi connectivity index (χ3n) is 2.54. The van der Waals surface area contributed by atoms with Crippen molar-refractivity contribution in [1.82, 2.24) is 0 Å². The van der Waals surface area contributed by atoms with Crippen LogP contribution in [0.3, 0.4) is 0 Å². The van der Waals surface area contributed by atoms with Gasteiger partial charge in [-0.25, -0.2) is 0 Å². The molecule has 0 heterocycles. The fraction of sp³-hybridized carbons (Fsp3) is 0.333. The molecular weight excluding hydrogens is 206 g/mol. The van der Waals surface area contributed by atoms with Crippen molar-refractivity contribution >= 4 is 5.69 Å². The molecule has 16 heavy (non-hydrogen) atoms. The van der Waals surface area contributed by atoms with Crippen molar-refractivity contribution in [3.8, 4) is 0 Å². The van der Waals surface area contributed by atoms with Crippen LogP contribution in [0.15, 0.2) is 36.9 Å². The van der Waals surface area contributed by atoms with Crippen molar-refractivity contribution < 1.29 is 10.0 Å². The molecular formula is C12H15NO3. The molecule has 1 rings (SSSR count). The summed E-state index contributed by atoms with van der Waals surface area (Å²) < 4.78 is 0. The molecule has 0 saturated carbocycles. The third-order valence-corrected chi connectivity index (χ3v) is 2.54. The maximum atomic E-state index is 10.9. The molecule has 0 aliphatic heterocycles. The Bertz CT molecular complexity index is 388. The van der Waals surface area contributed by atoms with E-state index in [0.717, 1.165) is 0 Å². The van der Waals surface area contributed by atoms with Gasteiger partial charge in [0.15, 0.2) is 0 Å². The summed E-state index contributed by atoms with van der Waals surface area (Å²) in [6, 6.07) is 6.49. The first-order valence-electron chi connectivity index (χ1n) is 5.10. The van der Waals surface area contributed by atoms with E-state index >= 15 is 0 Å². The maximum Gasteiger partial charge on any atom is 0.272 e. The fourth-order valence-electron chi connectivity index (χ4n) is 1.73. The van der Waals surface area contributed by atoms with Gasteiger partial charge in [-0.15, -0.1) is 6.58 Å². The average molecular weight is 221 g/mol. The average Bonchev–Trinajstić information content (AvgIpc) is 2.25. The number of rotatable bonds is 5. The lowest BCUT2D eigenvalue weighted by Gasteiger charge is -2.18. The summed E-state index contributed by atoms with van der Waals surface area (Å²) in [7, 11) is 0. The van der Waals surface area contributed by atoms with Crippen LogP contribution < -0.4 is 0 Å². The van der Waals surface area contributed by atoms with Crippen LogP contribution >= 0.6 is 0 Å². The number of nitro benzene ring substituents is 1. The van der Waals surface area contributed by atoms with Crippen LogP contribution in [-0.4, -0.2) is 16.1 Å². The van der Waals surface area contributed by atoms with Crippen LogP contribution in [0, 0.1) is 10.1 Å². The number of hydrogen-bond donors (Lipinski definition) is 1. The van der Waals surface area contributed by atoms with Crippen molar-refractivity contribution in [3.05, 3.63) is 52.6 Å². The van der Waals surface area contributed by atoms with E-state index in [1.54, 1.807) is 31.2 Å². The summed E-state index contributed by atoms with van der Waals surface area (Å²) >= 11 is 0. The summed E-state index contributed by atoms with van der Waals surface area (Å²) in [5.74, 6) is -0.279. The van der Waals surface area contributed by atoms with Gasteiger partial charge in [-0.1, -0.05) is 24.3 Å². The first-order valence-corrected chi connectivity index (χ1v) is 5.10. The molecule has 0 aromatic heterocycles. The van der Waals surface area contributed by atoms with E-state index in [1.165, 1.54) is 6.07 Å². The number of para-hydroxylation sites is 1. The van der Waals surface area contributed by atoms with Gasteiger partial charge in [0, 0.05) is 17.5 Å². The maximum absolute atomic E-state index is 10.9. The summed E-state index contributed by atoms with van der Waals surface area (Å²) in [4.78, 5) is 10.4. The molecule has 0 bridgehead atoms. The van der Waals surface area contributed by atoms with Gasteiger partial charge in [0.05, 0.1) is 11.0 Å². The van der Waals surface area contributed by atoms with E-state index in [9.17, 15) is 15.2 Å². The highest BCUT2D eigenvalue weighted by Gasteiger charge is 2.23. The molecule has 0 fully saturated rings. The van der Waals surface area contributed by atoms with Crippen molar-refractivity contribution in [2.45, 2.75) is 25.4 Å². The van der Waals surface area contributed by atoms with Gasteiger partial charge in [0.25, 0.3) is 5.69 Å². The summed E-state index contributed by atoms with van der Waals surface area (Å²) in [6.07, 6.45) is 1.54. The third kappa shape index (κ3) is 2.67. The molecule has 2 unspecified atom stereocenters. The molecule has 4 nitrogen and oxygen atoms in total. The molecule has 0 aliphatic carbocycles. The van der Waals surface area contributed by atoms with Crippen molar-refractivity contribution in [2.24, 2.45) is 0 Å². The van der Waals surface area contributed by atoms with Crippen LogP contribution in [0.2, 0.25) is 0 Å². The Morgan fingerprint density at radius 3 is 2.69 bits per heavy atom. The van der Waals surface area contributed by atoms with Crippen LogP contribution in [-0.2, 0) is 0 Å². The van der Waals surface area contributed by atoms with E-state index in [2.05, 4.69) is 6.58 Å². The van der Waals surface area contributed by atoms with Crippen molar-refractivity contribution in [2.75, 3.05) is 0 Å². The smallest absolute Gasteiger partial charge is 0.272 e. The normalized spacial score (nSPS) is 14.1. The summed E-state index contributed by atoms with van der Waals surface area (Å²) in [5, 5.41) is 20.5. The second kappa shape index (κ2) is 5.42. The van der Waals surface area contributed by atoms with Crippen molar-refractivity contribution in [1.29, 1.82) is 0 Å². The van der Waals surface area contributed by atoms with E-state index in [1.807, 2.05) is 0 Å². The van der Waals surface area contributed by atoms with E-state index in [0.29, 0.717) is 12.0 Å². The standard InChI is InChI=1S/C12H15NO3/c1-3-6-10(9(2)14)11-7-4-5-8-12(11)13(15)16/h3-5,7-10,14H,1,6H2,2H3. The van der Waals surface area contributed by atoms with E-state index in [4.69, 9.17) is 0 Å². The number of allylic oxidation sites excluding steroid dienone is 1. The number of benzene rings is 1. The van der Waals surface area contributed by atoms with E-state index < -0.39 is 11.0 Å². The molecule has 4 heteroatoms. The quantitative estimate of drug-likeness (QED) is 0.472. The SMILES string of the molecule is C=CCC(c1ccccc1[N+](=O)[O-])C(C)O. The molecule has 0 saturated heterocycles. The van der Waals surface area contributed by atoms with E-state index in [-0.39, 0.29) is 11.6 Å². The Kier molecular flexibility index (Phi) is 4.19. The Labute approximate surface area is 94.4 Å². The van der Waals surface area contributed by atoms with Gasteiger partial charge in [-0.3, -0.25) is 10.1 Å². The van der Waals surface area contributed by atoms with Gasteiger partial charge >= 0.3 is 0 Å². The fourth-order valence-corrected chi connectivity index (χ4v) is 1.73. The molecule has 0 amide bonds. The Morgan fingerprint density at radius 2 is 2.19 bits per heavy atom. The lowest BCUT2D eigenvalue weighted by atomic mass is 9.90. The Balaban J connectivity index is 3.17. The van der Waals surface area contributed by atoms with Crippen molar-refractivity contribution in [3.63, 3.8) is 0 Å². The number of nitro groups is 1. The predicted molar refractivity (Wildman–Crippen MR) is 62.3 cm³/mol. The van der Waals surface area contributed by atoms with Crippen LogP contribution in [0.25, 0.3) is 0 Å². The highest BCUT2D eigenvalue weighted by atomic mass is 16.6.